The predicted molar refractivity (Wildman–Crippen MR) is 51.3 cm³/mol. The van der Waals surface area contributed by atoms with Gasteiger partial charge in [0.2, 0.25) is 0 Å². The van der Waals surface area contributed by atoms with Crippen LogP contribution in [0, 0.1) is 23.2 Å². The standard InChI is InChI=1S/C12H18O/c1-8-2-3-10-6-11(13)9-4-5-12(8,10)7-9/h8-10H,2-7H2,1H3. The van der Waals surface area contributed by atoms with Crippen LogP contribution in [0.5, 0.6) is 0 Å². The van der Waals surface area contributed by atoms with E-state index in [0.717, 1.165) is 18.3 Å². The molecule has 4 unspecified atom stereocenters. The number of hydrogen-bond donors (Lipinski definition) is 0. The van der Waals surface area contributed by atoms with Crippen LogP contribution >= 0.6 is 0 Å². The number of fused-ring (bicyclic) bond motifs is 1. The summed E-state index contributed by atoms with van der Waals surface area (Å²) in [5, 5.41) is 0. The van der Waals surface area contributed by atoms with Crippen molar-refractivity contribution in [1.29, 1.82) is 0 Å². The fraction of sp³-hybridized carbons (Fsp3) is 0.917. The maximum atomic E-state index is 11.7. The molecule has 0 N–H and O–H groups in total. The molecular formula is C12H18O. The number of Topliss-reactive ketones (excluding diaryl/α,β-unsaturated/α-hetero) is 1. The Bertz CT molecular complexity index is 258. The Balaban J connectivity index is 1.99. The second-order valence-electron chi connectivity index (χ2n) is 5.52. The molecule has 4 atom stereocenters. The van der Waals surface area contributed by atoms with Crippen molar-refractivity contribution in [2.45, 2.75) is 45.4 Å². The van der Waals surface area contributed by atoms with E-state index >= 15 is 0 Å². The highest BCUT2D eigenvalue weighted by Crippen LogP contribution is 2.63. The summed E-state index contributed by atoms with van der Waals surface area (Å²) in [6, 6.07) is 0. The first-order chi connectivity index (χ1) is 6.22. The molecule has 2 bridgehead atoms. The van der Waals surface area contributed by atoms with Crippen molar-refractivity contribution in [2.75, 3.05) is 0 Å². The first-order valence-electron chi connectivity index (χ1n) is 5.75. The van der Waals surface area contributed by atoms with Crippen LogP contribution in [-0.4, -0.2) is 5.78 Å². The molecular weight excluding hydrogens is 160 g/mol. The Kier molecular flexibility index (Phi) is 1.46. The summed E-state index contributed by atoms with van der Waals surface area (Å²) in [5.41, 5.74) is 0.624. The Morgan fingerprint density at radius 2 is 2.15 bits per heavy atom. The summed E-state index contributed by atoms with van der Waals surface area (Å²) >= 11 is 0. The van der Waals surface area contributed by atoms with Crippen LogP contribution in [0.4, 0.5) is 0 Å². The van der Waals surface area contributed by atoms with E-state index in [1.165, 1.54) is 32.1 Å². The van der Waals surface area contributed by atoms with Crippen LogP contribution in [0.3, 0.4) is 0 Å². The third-order valence-electron chi connectivity index (χ3n) is 5.23. The molecule has 0 aromatic carbocycles. The third-order valence-corrected chi connectivity index (χ3v) is 5.23. The maximum absolute atomic E-state index is 11.7. The summed E-state index contributed by atoms with van der Waals surface area (Å²) in [6.45, 7) is 2.41. The van der Waals surface area contributed by atoms with Gasteiger partial charge in [-0.2, -0.15) is 0 Å². The lowest BCUT2D eigenvalue weighted by molar-refractivity contribution is -0.127. The number of carbonyl (C=O) groups is 1. The van der Waals surface area contributed by atoms with E-state index in [9.17, 15) is 4.79 Å². The van der Waals surface area contributed by atoms with Crippen LogP contribution < -0.4 is 0 Å². The average Bonchev–Trinajstić information content (AvgIpc) is 2.64. The largest absolute Gasteiger partial charge is 0.299 e. The molecule has 3 aliphatic rings. The van der Waals surface area contributed by atoms with Gasteiger partial charge in [0.1, 0.15) is 5.78 Å². The summed E-state index contributed by atoms with van der Waals surface area (Å²) in [6.07, 6.45) is 7.45. The van der Waals surface area contributed by atoms with Crippen molar-refractivity contribution in [2.24, 2.45) is 23.2 Å². The average molecular weight is 178 g/mol. The molecule has 0 heterocycles. The van der Waals surface area contributed by atoms with Crippen molar-refractivity contribution >= 4 is 5.78 Å². The highest BCUT2D eigenvalue weighted by atomic mass is 16.1. The van der Waals surface area contributed by atoms with Gasteiger partial charge in [0.05, 0.1) is 0 Å². The minimum atomic E-state index is 0.469. The summed E-state index contributed by atoms with van der Waals surface area (Å²) < 4.78 is 0. The zero-order chi connectivity index (χ0) is 9.05. The van der Waals surface area contributed by atoms with E-state index in [-0.39, 0.29) is 0 Å². The summed E-state index contributed by atoms with van der Waals surface area (Å²) in [4.78, 5) is 11.7. The SMILES string of the molecule is CC1CCC2CC(=O)C3CCC12C3. The molecule has 0 aromatic rings. The molecule has 1 nitrogen and oxygen atoms in total. The molecule has 0 saturated heterocycles. The first kappa shape index (κ1) is 8.02. The first-order valence-corrected chi connectivity index (χ1v) is 5.75. The minimum absolute atomic E-state index is 0.469. The molecule has 0 amide bonds. The normalized spacial score (nSPS) is 53.9. The van der Waals surface area contributed by atoms with Gasteiger partial charge in [-0.05, 0) is 49.4 Å². The predicted octanol–water partition coefficient (Wildman–Crippen LogP) is 2.79. The molecule has 0 aliphatic heterocycles. The number of ketones is 1. The van der Waals surface area contributed by atoms with E-state index in [2.05, 4.69) is 6.92 Å². The quantitative estimate of drug-likeness (QED) is 0.557. The fourth-order valence-corrected chi connectivity index (χ4v) is 4.34. The zero-order valence-corrected chi connectivity index (χ0v) is 8.38. The van der Waals surface area contributed by atoms with Crippen molar-refractivity contribution in [3.05, 3.63) is 0 Å². The lowest BCUT2D eigenvalue weighted by Crippen LogP contribution is -2.34. The van der Waals surface area contributed by atoms with Crippen LogP contribution in [0.15, 0.2) is 0 Å². The second kappa shape index (κ2) is 2.37. The molecule has 3 saturated carbocycles. The van der Waals surface area contributed by atoms with E-state index in [0.29, 0.717) is 17.1 Å². The van der Waals surface area contributed by atoms with E-state index in [1.54, 1.807) is 0 Å². The molecule has 0 aromatic heterocycles. The molecule has 3 aliphatic carbocycles. The van der Waals surface area contributed by atoms with Gasteiger partial charge in [-0.3, -0.25) is 4.79 Å². The summed E-state index contributed by atoms with van der Waals surface area (Å²) in [5.74, 6) is 2.73. The van der Waals surface area contributed by atoms with Gasteiger partial charge in [0.15, 0.2) is 0 Å². The van der Waals surface area contributed by atoms with Gasteiger partial charge in [0, 0.05) is 12.3 Å². The Labute approximate surface area is 79.9 Å². The molecule has 1 heteroatoms. The lowest BCUT2D eigenvalue weighted by atomic mass is 9.66. The zero-order valence-electron chi connectivity index (χ0n) is 8.38. The molecule has 72 valence electrons. The van der Waals surface area contributed by atoms with Crippen LogP contribution in [-0.2, 0) is 4.79 Å². The van der Waals surface area contributed by atoms with Crippen molar-refractivity contribution < 1.29 is 4.79 Å². The van der Waals surface area contributed by atoms with Gasteiger partial charge in [-0.25, -0.2) is 0 Å². The third kappa shape index (κ3) is 0.858. The van der Waals surface area contributed by atoms with Crippen LogP contribution in [0.2, 0.25) is 0 Å². The van der Waals surface area contributed by atoms with Gasteiger partial charge in [-0.15, -0.1) is 0 Å². The molecule has 0 radical (unpaired) electrons. The molecule has 1 spiro atoms. The fourth-order valence-electron chi connectivity index (χ4n) is 4.34. The highest BCUT2D eigenvalue weighted by molar-refractivity contribution is 5.83. The van der Waals surface area contributed by atoms with Crippen molar-refractivity contribution in [3.8, 4) is 0 Å². The minimum Gasteiger partial charge on any atom is -0.299 e. The van der Waals surface area contributed by atoms with E-state index < -0.39 is 0 Å². The van der Waals surface area contributed by atoms with Crippen molar-refractivity contribution in [3.63, 3.8) is 0 Å². The topological polar surface area (TPSA) is 17.1 Å². The Morgan fingerprint density at radius 3 is 3.00 bits per heavy atom. The van der Waals surface area contributed by atoms with Gasteiger partial charge >= 0.3 is 0 Å². The van der Waals surface area contributed by atoms with Crippen LogP contribution in [0.1, 0.15) is 45.4 Å². The van der Waals surface area contributed by atoms with Gasteiger partial charge in [0.25, 0.3) is 0 Å². The van der Waals surface area contributed by atoms with Crippen LogP contribution in [0.25, 0.3) is 0 Å². The molecule has 3 rings (SSSR count). The Morgan fingerprint density at radius 1 is 1.31 bits per heavy atom. The second-order valence-corrected chi connectivity index (χ2v) is 5.52. The lowest BCUT2D eigenvalue weighted by Gasteiger charge is -2.38. The Hall–Kier alpha value is -0.330. The van der Waals surface area contributed by atoms with E-state index in [4.69, 9.17) is 0 Å². The molecule has 13 heavy (non-hydrogen) atoms. The highest BCUT2D eigenvalue weighted by Gasteiger charge is 2.56. The number of rotatable bonds is 0. The van der Waals surface area contributed by atoms with E-state index in [1.807, 2.05) is 0 Å². The maximum Gasteiger partial charge on any atom is 0.136 e. The smallest absolute Gasteiger partial charge is 0.136 e. The van der Waals surface area contributed by atoms with Gasteiger partial charge in [-0.1, -0.05) is 6.92 Å². The molecule has 3 fully saturated rings. The van der Waals surface area contributed by atoms with Gasteiger partial charge < -0.3 is 0 Å². The number of hydrogen-bond acceptors (Lipinski definition) is 1. The summed E-state index contributed by atoms with van der Waals surface area (Å²) in [7, 11) is 0. The number of carbonyl (C=O) groups excluding carboxylic acids is 1. The van der Waals surface area contributed by atoms with Crippen molar-refractivity contribution in [1.82, 2.24) is 0 Å². The monoisotopic (exact) mass is 178 g/mol.